The predicted octanol–water partition coefficient (Wildman–Crippen LogP) is 1.54. The van der Waals surface area contributed by atoms with Gasteiger partial charge in [-0.25, -0.2) is 0 Å². The zero-order chi connectivity index (χ0) is 11.4. The van der Waals surface area contributed by atoms with Crippen molar-refractivity contribution >= 4 is 5.91 Å². The minimum Gasteiger partial charge on any atom is -0.355 e. The molecular weight excluding hydrogens is 200 g/mol. The van der Waals surface area contributed by atoms with Crippen molar-refractivity contribution < 1.29 is 4.79 Å². The average Bonchev–Trinajstić information content (AvgIpc) is 3.12. The Balaban J connectivity index is 1.61. The first kappa shape index (κ1) is 11.9. The van der Waals surface area contributed by atoms with E-state index in [4.69, 9.17) is 0 Å². The number of nitrogens with one attached hydrogen (secondary N) is 2. The Bertz CT molecular complexity index is 222. The first-order chi connectivity index (χ1) is 7.83. The second-order valence-electron chi connectivity index (χ2n) is 5.24. The molecule has 0 spiro atoms. The van der Waals surface area contributed by atoms with E-state index in [9.17, 15) is 4.79 Å². The van der Waals surface area contributed by atoms with Crippen molar-refractivity contribution in [3.63, 3.8) is 0 Å². The van der Waals surface area contributed by atoms with Crippen molar-refractivity contribution in [2.75, 3.05) is 19.6 Å². The molecular formula is C13H24N2O. The van der Waals surface area contributed by atoms with Gasteiger partial charge in [-0.2, -0.15) is 0 Å². The lowest BCUT2D eigenvalue weighted by Crippen LogP contribution is -2.37. The van der Waals surface area contributed by atoms with Gasteiger partial charge < -0.3 is 10.6 Å². The summed E-state index contributed by atoms with van der Waals surface area (Å²) in [5.74, 6) is 2.11. The van der Waals surface area contributed by atoms with Gasteiger partial charge in [0, 0.05) is 19.0 Å². The lowest BCUT2D eigenvalue weighted by molar-refractivity contribution is -0.126. The summed E-state index contributed by atoms with van der Waals surface area (Å²) in [6.07, 6.45) is 6.28. The molecule has 2 saturated carbocycles. The quantitative estimate of drug-likeness (QED) is 0.614. The molecule has 0 saturated heterocycles. The van der Waals surface area contributed by atoms with Gasteiger partial charge in [-0.05, 0) is 50.5 Å². The summed E-state index contributed by atoms with van der Waals surface area (Å²) in [6, 6.07) is 0. The van der Waals surface area contributed by atoms with Crippen LogP contribution in [-0.2, 0) is 4.79 Å². The van der Waals surface area contributed by atoms with Gasteiger partial charge in [0.1, 0.15) is 0 Å². The van der Waals surface area contributed by atoms with Gasteiger partial charge in [0.25, 0.3) is 0 Å². The van der Waals surface area contributed by atoms with Crippen molar-refractivity contribution in [3.8, 4) is 0 Å². The lowest BCUT2D eigenvalue weighted by Gasteiger charge is -2.15. The molecule has 2 rings (SSSR count). The third-order valence-electron chi connectivity index (χ3n) is 3.59. The van der Waals surface area contributed by atoms with Gasteiger partial charge >= 0.3 is 0 Å². The molecule has 0 unspecified atom stereocenters. The van der Waals surface area contributed by atoms with E-state index in [2.05, 4.69) is 17.6 Å². The van der Waals surface area contributed by atoms with Crippen LogP contribution < -0.4 is 10.6 Å². The normalized spacial score (nSPS) is 20.1. The van der Waals surface area contributed by atoms with Crippen molar-refractivity contribution in [1.82, 2.24) is 10.6 Å². The van der Waals surface area contributed by atoms with Crippen LogP contribution in [0.4, 0.5) is 0 Å². The molecule has 2 aliphatic carbocycles. The van der Waals surface area contributed by atoms with E-state index in [1.165, 1.54) is 25.7 Å². The van der Waals surface area contributed by atoms with Gasteiger partial charge in [0.05, 0.1) is 0 Å². The molecule has 0 atom stereocenters. The summed E-state index contributed by atoms with van der Waals surface area (Å²) in [6.45, 7) is 4.89. The van der Waals surface area contributed by atoms with Crippen LogP contribution in [0.15, 0.2) is 0 Å². The SMILES string of the molecule is CCCNCCNC(=O)C(C1CC1)C1CC1. The number of hydrogen-bond acceptors (Lipinski definition) is 2. The van der Waals surface area contributed by atoms with Crippen molar-refractivity contribution in [1.29, 1.82) is 0 Å². The number of rotatable bonds is 8. The number of carbonyl (C=O) groups excluding carboxylic acids is 1. The molecule has 2 aliphatic rings. The Morgan fingerprint density at radius 3 is 2.25 bits per heavy atom. The van der Waals surface area contributed by atoms with Crippen molar-refractivity contribution in [3.05, 3.63) is 0 Å². The van der Waals surface area contributed by atoms with E-state index >= 15 is 0 Å². The van der Waals surface area contributed by atoms with E-state index < -0.39 is 0 Å². The Morgan fingerprint density at radius 1 is 1.12 bits per heavy atom. The van der Waals surface area contributed by atoms with Gasteiger partial charge in [-0.3, -0.25) is 4.79 Å². The third kappa shape index (κ3) is 3.48. The van der Waals surface area contributed by atoms with Crippen molar-refractivity contribution in [2.24, 2.45) is 17.8 Å². The topological polar surface area (TPSA) is 41.1 Å². The van der Waals surface area contributed by atoms with Crippen LogP contribution in [0.5, 0.6) is 0 Å². The highest BCUT2D eigenvalue weighted by atomic mass is 16.1. The van der Waals surface area contributed by atoms with E-state index in [-0.39, 0.29) is 0 Å². The molecule has 0 aromatic carbocycles. The van der Waals surface area contributed by atoms with Crippen LogP contribution in [0.25, 0.3) is 0 Å². The van der Waals surface area contributed by atoms with Gasteiger partial charge in [-0.15, -0.1) is 0 Å². The maximum atomic E-state index is 12.0. The van der Waals surface area contributed by atoms with Gasteiger partial charge in [0.2, 0.25) is 5.91 Å². The monoisotopic (exact) mass is 224 g/mol. The van der Waals surface area contributed by atoms with E-state index in [1.807, 2.05) is 0 Å². The largest absolute Gasteiger partial charge is 0.355 e. The molecule has 92 valence electrons. The molecule has 3 nitrogen and oxygen atoms in total. The molecule has 3 heteroatoms. The molecule has 2 fully saturated rings. The zero-order valence-corrected chi connectivity index (χ0v) is 10.3. The fraction of sp³-hybridized carbons (Fsp3) is 0.923. The van der Waals surface area contributed by atoms with E-state index in [0.717, 1.165) is 37.9 Å². The van der Waals surface area contributed by atoms with E-state index in [1.54, 1.807) is 0 Å². The van der Waals surface area contributed by atoms with Crippen LogP contribution in [-0.4, -0.2) is 25.5 Å². The van der Waals surface area contributed by atoms with Gasteiger partial charge in [-0.1, -0.05) is 6.92 Å². The highest BCUT2D eigenvalue weighted by molar-refractivity contribution is 5.80. The Labute approximate surface area is 98.4 Å². The number of carbonyl (C=O) groups is 1. The number of amides is 1. The van der Waals surface area contributed by atoms with E-state index in [0.29, 0.717) is 11.8 Å². The average molecular weight is 224 g/mol. The summed E-state index contributed by atoms with van der Waals surface area (Å²) in [4.78, 5) is 12.0. The second kappa shape index (κ2) is 5.67. The maximum Gasteiger partial charge on any atom is 0.223 e. The third-order valence-corrected chi connectivity index (χ3v) is 3.59. The summed E-state index contributed by atoms with van der Waals surface area (Å²) in [5.41, 5.74) is 0. The fourth-order valence-electron chi connectivity index (χ4n) is 2.42. The molecule has 16 heavy (non-hydrogen) atoms. The predicted molar refractivity (Wildman–Crippen MR) is 65.1 cm³/mol. The summed E-state index contributed by atoms with van der Waals surface area (Å²) in [5, 5.41) is 6.39. The minimum absolute atomic E-state index is 0.322. The van der Waals surface area contributed by atoms with Gasteiger partial charge in [0.15, 0.2) is 0 Å². The molecule has 0 aromatic rings. The second-order valence-corrected chi connectivity index (χ2v) is 5.24. The summed E-state index contributed by atoms with van der Waals surface area (Å²) in [7, 11) is 0. The standard InChI is InChI=1S/C13H24N2O/c1-2-7-14-8-9-15-13(16)12(10-3-4-10)11-5-6-11/h10-12,14H,2-9H2,1H3,(H,15,16). The Morgan fingerprint density at radius 2 is 1.75 bits per heavy atom. The Kier molecular flexibility index (Phi) is 4.22. The molecule has 0 heterocycles. The van der Waals surface area contributed by atoms with Crippen LogP contribution in [0, 0.1) is 17.8 Å². The molecule has 0 bridgehead atoms. The summed E-state index contributed by atoms with van der Waals surface area (Å²) >= 11 is 0. The first-order valence-electron chi connectivity index (χ1n) is 6.81. The molecule has 0 radical (unpaired) electrons. The van der Waals surface area contributed by atoms with Crippen LogP contribution >= 0.6 is 0 Å². The maximum absolute atomic E-state index is 12.0. The molecule has 2 N–H and O–H groups in total. The highest BCUT2D eigenvalue weighted by Crippen LogP contribution is 2.49. The highest BCUT2D eigenvalue weighted by Gasteiger charge is 2.45. The van der Waals surface area contributed by atoms with Crippen molar-refractivity contribution in [2.45, 2.75) is 39.0 Å². The molecule has 0 aromatic heterocycles. The van der Waals surface area contributed by atoms with Crippen LogP contribution in [0.3, 0.4) is 0 Å². The molecule has 0 aliphatic heterocycles. The van der Waals surface area contributed by atoms with Crippen LogP contribution in [0.1, 0.15) is 39.0 Å². The lowest BCUT2D eigenvalue weighted by atomic mass is 9.97. The first-order valence-corrected chi connectivity index (χ1v) is 6.81. The Hall–Kier alpha value is -0.570. The fourth-order valence-corrected chi connectivity index (χ4v) is 2.42. The smallest absolute Gasteiger partial charge is 0.223 e. The minimum atomic E-state index is 0.322. The summed E-state index contributed by atoms with van der Waals surface area (Å²) < 4.78 is 0. The van der Waals surface area contributed by atoms with Crippen LogP contribution in [0.2, 0.25) is 0 Å². The molecule has 1 amide bonds. The zero-order valence-electron chi connectivity index (χ0n) is 10.3. The number of hydrogen-bond donors (Lipinski definition) is 2.